The summed E-state index contributed by atoms with van der Waals surface area (Å²) in [4.78, 5) is 65.6. The Hall–Kier alpha value is -4.10. The summed E-state index contributed by atoms with van der Waals surface area (Å²) in [6.07, 6.45) is 0. The quantitative estimate of drug-likeness (QED) is 0.258. The second-order valence-corrected chi connectivity index (χ2v) is 10.5. The van der Waals surface area contributed by atoms with Gasteiger partial charge in [-0.3, -0.25) is 28.9 Å². The number of anilines is 1. The molecule has 0 aliphatic carbocycles. The number of aliphatic carboxylic acids is 1. The van der Waals surface area contributed by atoms with E-state index < -0.39 is 47.3 Å². The molecule has 37 heavy (non-hydrogen) atoms. The number of carboxylic acid groups (broad SMARTS) is 1. The van der Waals surface area contributed by atoms with Crippen molar-refractivity contribution in [1.82, 2.24) is 9.88 Å². The van der Waals surface area contributed by atoms with Gasteiger partial charge in [-0.15, -0.1) is 0 Å². The molecule has 13 heteroatoms. The number of benzene rings is 2. The molecule has 0 saturated carbocycles. The van der Waals surface area contributed by atoms with E-state index >= 15 is 0 Å². The highest BCUT2D eigenvalue weighted by Crippen LogP contribution is 2.52. The summed E-state index contributed by atoms with van der Waals surface area (Å²) in [6, 6.07) is 12.6. The number of hydrogen-bond acceptors (Lipinski definition) is 9. The molecule has 2 aliphatic rings. The molecule has 2 aromatic carbocycles. The van der Waals surface area contributed by atoms with Crippen LogP contribution in [0.5, 0.6) is 11.5 Å². The lowest BCUT2D eigenvalue weighted by Gasteiger charge is -2.30. The Morgan fingerprint density at radius 1 is 1.08 bits per heavy atom. The lowest BCUT2D eigenvalue weighted by atomic mass is 9.83. The van der Waals surface area contributed by atoms with Gasteiger partial charge in [-0.2, -0.15) is 0 Å². The summed E-state index contributed by atoms with van der Waals surface area (Å²) in [5.74, 6) is -4.14. The number of ether oxygens (including phenoxy) is 1. The largest absolute Gasteiger partial charge is 0.508 e. The van der Waals surface area contributed by atoms with Gasteiger partial charge in [-0.1, -0.05) is 35.2 Å². The van der Waals surface area contributed by atoms with Crippen LogP contribution in [0.4, 0.5) is 5.69 Å². The number of fused-ring (bicyclic) bond motifs is 2. The zero-order valence-electron chi connectivity index (χ0n) is 18.9. The number of phenolic OH excluding ortho intramolecular Hbond substituents is 1. The average molecular weight is 542 g/mol. The number of thiazole rings is 1. The zero-order valence-corrected chi connectivity index (χ0v) is 20.5. The van der Waals surface area contributed by atoms with Crippen molar-refractivity contribution >= 4 is 52.5 Å². The summed E-state index contributed by atoms with van der Waals surface area (Å²) in [6.45, 7) is -1.05. The standard InChI is InChI=1S/C24H19N3O8S2/c28-13-6-4-12(5-7-13)25-15(29)10-35-14-3-1-2-11(8-14)17-18-20(36-21-19(17)37-24(34)26-21)23(33)27(22(18)32)9-16(30)31/h1-8,17-18,20,28H,9-10H2,(H,25,29)(H,26,34)(H,30,31)/t17-,18?,20?/m1/s1. The summed E-state index contributed by atoms with van der Waals surface area (Å²) >= 11 is 1.99. The van der Waals surface area contributed by atoms with E-state index in [0.717, 1.165) is 28.0 Å². The molecule has 0 bridgehead atoms. The number of aromatic amines is 1. The van der Waals surface area contributed by atoms with Gasteiger partial charge in [0.2, 0.25) is 11.8 Å². The van der Waals surface area contributed by atoms with Crippen molar-refractivity contribution in [2.45, 2.75) is 16.2 Å². The number of H-pyrrole nitrogens is 1. The van der Waals surface area contributed by atoms with E-state index in [1.165, 1.54) is 12.1 Å². The molecule has 0 radical (unpaired) electrons. The van der Waals surface area contributed by atoms with Gasteiger partial charge >= 0.3 is 10.8 Å². The monoisotopic (exact) mass is 541 g/mol. The molecule has 1 fully saturated rings. The molecule has 11 nitrogen and oxygen atoms in total. The normalized spacial score (nSPS) is 20.3. The molecule has 3 aromatic rings. The molecule has 2 aliphatic heterocycles. The topological polar surface area (TPSA) is 166 Å². The second-order valence-electron chi connectivity index (χ2n) is 8.36. The third kappa shape index (κ3) is 4.82. The van der Waals surface area contributed by atoms with Crippen LogP contribution in [0.2, 0.25) is 0 Å². The molecule has 0 spiro atoms. The van der Waals surface area contributed by atoms with E-state index in [1.54, 1.807) is 36.4 Å². The van der Waals surface area contributed by atoms with Crippen LogP contribution in [0.25, 0.3) is 0 Å². The fourth-order valence-electron chi connectivity index (χ4n) is 4.41. The van der Waals surface area contributed by atoms with Crippen molar-refractivity contribution in [3.05, 3.63) is 68.6 Å². The molecule has 3 atom stereocenters. The predicted molar refractivity (Wildman–Crippen MR) is 133 cm³/mol. The zero-order chi connectivity index (χ0) is 26.3. The van der Waals surface area contributed by atoms with Gasteiger partial charge in [0.1, 0.15) is 23.3 Å². The van der Waals surface area contributed by atoms with Crippen molar-refractivity contribution in [3.8, 4) is 11.5 Å². The Morgan fingerprint density at radius 3 is 2.57 bits per heavy atom. The summed E-state index contributed by atoms with van der Waals surface area (Å²) in [5.41, 5.74) is 1.07. The number of hydrogen-bond donors (Lipinski definition) is 4. The van der Waals surface area contributed by atoms with E-state index in [4.69, 9.17) is 4.74 Å². The van der Waals surface area contributed by atoms with E-state index in [-0.39, 0.29) is 17.2 Å². The van der Waals surface area contributed by atoms with Gasteiger partial charge in [-0.05, 0) is 42.0 Å². The summed E-state index contributed by atoms with van der Waals surface area (Å²) in [7, 11) is 0. The summed E-state index contributed by atoms with van der Waals surface area (Å²) in [5, 5.41) is 20.8. The number of aromatic nitrogens is 1. The molecule has 2 unspecified atom stereocenters. The highest BCUT2D eigenvalue weighted by Gasteiger charge is 2.56. The van der Waals surface area contributed by atoms with E-state index in [0.29, 0.717) is 26.9 Å². The van der Waals surface area contributed by atoms with Crippen molar-refractivity contribution in [1.29, 1.82) is 0 Å². The molecular weight excluding hydrogens is 522 g/mol. The van der Waals surface area contributed by atoms with Crippen molar-refractivity contribution < 1.29 is 34.1 Å². The number of rotatable bonds is 7. The first-order valence-electron chi connectivity index (χ1n) is 11.0. The number of nitrogens with one attached hydrogen (secondary N) is 2. The molecule has 3 heterocycles. The van der Waals surface area contributed by atoms with Gasteiger partial charge in [0.05, 0.1) is 10.9 Å². The minimum atomic E-state index is -1.30. The number of nitrogens with zero attached hydrogens (tertiary/aromatic N) is 1. The minimum Gasteiger partial charge on any atom is -0.508 e. The number of carboxylic acids is 1. The number of likely N-dealkylation sites (tertiary alicyclic amines) is 1. The molecular formula is C24H19N3O8S2. The van der Waals surface area contributed by atoms with Crippen molar-refractivity contribution in [2.75, 3.05) is 18.5 Å². The Labute approximate surface area is 217 Å². The number of amides is 3. The first-order chi connectivity index (χ1) is 17.7. The molecule has 4 N–H and O–H groups in total. The molecule has 5 rings (SSSR count). The van der Waals surface area contributed by atoms with E-state index in [9.17, 15) is 34.2 Å². The third-order valence-electron chi connectivity index (χ3n) is 5.95. The van der Waals surface area contributed by atoms with Crippen LogP contribution in [0.3, 0.4) is 0 Å². The Balaban J connectivity index is 1.40. The fraction of sp³-hybridized carbons (Fsp3) is 0.208. The average Bonchev–Trinajstić information content (AvgIpc) is 3.34. The molecule has 1 aromatic heterocycles. The molecule has 1 saturated heterocycles. The fourth-order valence-corrected chi connectivity index (χ4v) is 6.95. The maximum atomic E-state index is 13.2. The van der Waals surface area contributed by atoms with Crippen LogP contribution in [0.1, 0.15) is 16.4 Å². The van der Waals surface area contributed by atoms with E-state index in [2.05, 4.69) is 10.3 Å². The third-order valence-corrected chi connectivity index (χ3v) is 8.35. The first kappa shape index (κ1) is 24.6. The number of carbonyl (C=O) groups is 4. The van der Waals surface area contributed by atoms with Crippen LogP contribution in [-0.2, 0) is 19.2 Å². The highest BCUT2D eigenvalue weighted by atomic mass is 32.2. The first-order valence-corrected chi connectivity index (χ1v) is 12.7. The van der Waals surface area contributed by atoms with Crippen LogP contribution < -0.4 is 14.9 Å². The number of imide groups is 1. The molecule has 3 amide bonds. The smallest absolute Gasteiger partial charge is 0.323 e. The van der Waals surface area contributed by atoms with Gasteiger partial charge in [0, 0.05) is 16.5 Å². The lowest BCUT2D eigenvalue weighted by Crippen LogP contribution is -2.36. The van der Waals surface area contributed by atoms with Gasteiger partial charge in [0.25, 0.3) is 5.91 Å². The van der Waals surface area contributed by atoms with Gasteiger partial charge in [-0.25, -0.2) is 0 Å². The Morgan fingerprint density at radius 2 is 1.84 bits per heavy atom. The van der Waals surface area contributed by atoms with Gasteiger partial charge < -0.3 is 25.3 Å². The highest BCUT2D eigenvalue weighted by molar-refractivity contribution is 8.00. The van der Waals surface area contributed by atoms with Crippen molar-refractivity contribution in [3.63, 3.8) is 0 Å². The van der Waals surface area contributed by atoms with Crippen LogP contribution in [0, 0.1) is 5.92 Å². The van der Waals surface area contributed by atoms with Crippen LogP contribution in [0.15, 0.2) is 58.4 Å². The maximum Gasteiger partial charge on any atom is 0.323 e. The number of thioether (sulfide) groups is 1. The second kappa shape index (κ2) is 9.75. The Kier molecular flexibility index (Phi) is 6.48. The van der Waals surface area contributed by atoms with Crippen molar-refractivity contribution in [2.24, 2.45) is 5.92 Å². The van der Waals surface area contributed by atoms with Crippen LogP contribution >= 0.6 is 23.1 Å². The van der Waals surface area contributed by atoms with Crippen LogP contribution in [-0.4, -0.2) is 62.2 Å². The van der Waals surface area contributed by atoms with Gasteiger partial charge in [0.15, 0.2) is 6.61 Å². The number of phenols is 1. The summed E-state index contributed by atoms with van der Waals surface area (Å²) < 4.78 is 5.65. The Bertz CT molecular complexity index is 1470. The maximum absolute atomic E-state index is 13.2. The molecule has 190 valence electrons. The van der Waals surface area contributed by atoms with E-state index in [1.807, 2.05) is 0 Å². The number of aromatic hydroxyl groups is 1. The minimum absolute atomic E-state index is 0.0681. The predicted octanol–water partition coefficient (Wildman–Crippen LogP) is 1.84. The SMILES string of the molecule is O=C(O)CN1C(=O)C2Sc3[nH]c(=O)sc3[C@H](c3cccc(OCC(=O)Nc4ccc(O)cc4)c3)C2C1=O. The lowest BCUT2D eigenvalue weighted by molar-refractivity contribution is -0.149. The number of carbonyl (C=O) groups excluding carboxylic acids is 3.